The summed E-state index contributed by atoms with van der Waals surface area (Å²) in [5.74, 6) is 2.29. The molecule has 0 aromatic heterocycles. The first-order chi connectivity index (χ1) is 4.36. The molecule has 0 heterocycles. The first-order valence-corrected chi connectivity index (χ1v) is 5.25. The molecule has 1 heteroatoms. The van der Waals surface area contributed by atoms with Gasteiger partial charge in [-0.25, -0.2) is 0 Å². The molecule has 0 nitrogen and oxygen atoms in total. The SMILES string of the molecule is IC1CC2CCCC2C1. The van der Waals surface area contributed by atoms with Gasteiger partial charge in [-0.05, 0) is 24.7 Å². The fraction of sp³-hybridized carbons (Fsp3) is 1.00. The molecule has 52 valence electrons. The quantitative estimate of drug-likeness (QED) is 0.448. The topological polar surface area (TPSA) is 0 Å². The van der Waals surface area contributed by atoms with Gasteiger partial charge in [0.2, 0.25) is 0 Å². The van der Waals surface area contributed by atoms with Crippen molar-refractivity contribution in [2.45, 2.75) is 36.0 Å². The predicted octanol–water partition coefficient (Wildman–Crippen LogP) is 3.00. The summed E-state index contributed by atoms with van der Waals surface area (Å²) >= 11 is 2.62. The standard InChI is InChI=1S/C8H13I/c9-8-4-6-2-1-3-7(6)5-8/h6-8H,1-5H2. The molecule has 2 atom stereocenters. The van der Waals surface area contributed by atoms with E-state index in [0.717, 1.165) is 15.8 Å². The minimum atomic E-state index is 1.03. The van der Waals surface area contributed by atoms with Crippen molar-refractivity contribution in [3.63, 3.8) is 0 Å². The summed E-state index contributed by atoms with van der Waals surface area (Å²) in [5.41, 5.74) is 0. The second kappa shape index (κ2) is 2.40. The van der Waals surface area contributed by atoms with Crippen LogP contribution in [0, 0.1) is 11.8 Å². The lowest BCUT2D eigenvalue weighted by atomic mass is 10.0. The van der Waals surface area contributed by atoms with Crippen LogP contribution in [-0.4, -0.2) is 3.92 Å². The fourth-order valence-electron chi connectivity index (χ4n) is 2.49. The van der Waals surface area contributed by atoms with Crippen molar-refractivity contribution in [1.82, 2.24) is 0 Å². The van der Waals surface area contributed by atoms with Crippen molar-refractivity contribution in [2.24, 2.45) is 11.8 Å². The van der Waals surface area contributed by atoms with Crippen molar-refractivity contribution in [2.75, 3.05) is 0 Å². The van der Waals surface area contributed by atoms with Crippen molar-refractivity contribution in [3.8, 4) is 0 Å². The molecule has 0 spiro atoms. The summed E-state index contributed by atoms with van der Waals surface area (Å²) in [6.07, 6.45) is 7.68. The Morgan fingerprint density at radius 3 is 2.11 bits per heavy atom. The van der Waals surface area contributed by atoms with Crippen LogP contribution in [0.3, 0.4) is 0 Å². The predicted molar refractivity (Wildman–Crippen MR) is 47.9 cm³/mol. The second-order valence-electron chi connectivity index (χ2n) is 3.52. The molecule has 0 bridgehead atoms. The van der Waals surface area contributed by atoms with Gasteiger partial charge in [-0.15, -0.1) is 0 Å². The van der Waals surface area contributed by atoms with E-state index < -0.39 is 0 Å². The molecule has 2 aliphatic rings. The third-order valence-corrected chi connectivity index (χ3v) is 3.95. The average molecular weight is 236 g/mol. The number of rotatable bonds is 0. The van der Waals surface area contributed by atoms with Crippen molar-refractivity contribution < 1.29 is 0 Å². The normalized spacial score (nSPS) is 49.7. The maximum absolute atomic E-state index is 2.62. The molecule has 0 aromatic carbocycles. The van der Waals surface area contributed by atoms with Crippen LogP contribution in [-0.2, 0) is 0 Å². The van der Waals surface area contributed by atoms with Gasteiger partial charge in [0.05, 0.1) is 0 Å². The highest BCUT2D eigenvalue weighted by molar-refractivity contribution is 14.1. The Balaban J connectivity index is 2.02. The lowest BCUT2D eigenvalue weighted by Gasteiger charge is -2.04. The van der Waals surface area contributed by atoms with E-state index in [9.17, 15) is 0 Å². The van der Waals surface area contributed by atoms with E-state index in [2.05, 4.69) is 22.6 Å². The molecular formula is C8H13I. The monoisotopic (exact) mass is 236 g/mol. The lowest BCUT2D eigenvalue weighted by molar-refractivity contribution is 0.457. The Hall–Kier alpha value is 0.730. The molecule has 2 saturated carbocycles. The largest absolute Gasteiger partial charge is 0.0826 e. The number of hydrogen-bond donors (Lipinski definition) is 0. The van der Waals surface area contributed by atoms with Gasteiger partial charge in [0.1, 0.15) is 0 Å². The zero-order valence-electron chi connectivity index (χ0n) is 5.65. The fourth-order valence-corrected chi connectivity index (χ4v) is 3.79. The number of fused-ring (bicyclic) bond motifs is 1. The van der Waals surface area contributed by atoms with Crippen LogP contribution >= 0.6 is 22.6 Å². The summed E-state index contributed by atoms with van der Waals surface area (Å²) in [5, 5.41) is 0. The Morgan fingerprint density at radius 2 is 1.56 bits per heavy atom. The molecule has 0 amide bonds. The van der Waals surface area contributed by atoms with Gasteiger partial charge in [0, 0.05) is 3.92 Å². The van der Waals surface area contributed by atoms with Crippen LogP contribution in [0.5, 0.6) is 0 Å². The molecule has 2 unspecified atom stereocenters. The maximum Gasteiger partial charge on any atom is 0.0115 e. The zero-order valence-corrected chi connectivity index (χ0v) is 7.80. The van der Waals surface area contributed by atoms with Crippen LogP contribution in [0.4, 0.5) is 0 Å². The molecule has 9 heavy (non-hydrogen) atoms. The van der Waals surface area contributed by atoms with E-state index >= 15 is 0 Å². The molecule has 0 radical (unpaired) electrons. The molecule has 2 fully saturated rings. The second-order valence-corrected chi connectivity index (χ2v) is 5.28. The molecule has 2 rings (SSSR count). The smallest absolute Gasteiger partial charge is 0.0115 e. The molecule has 2 aliphatic carbocycles. The minimum Gasteiger partial charge on any atom is -0.0826 e. The van der Waals surface area contributed by atoms with Crippen LogP contribution in [0.2, 0.25) is 0 Å². The number of hydrogen-bond acceptors (Lipinski definition) is 0. The molecule has 0 aromatic rings. The molecule has 0 N–H and O–H groups in total. The first-order valence-electron chi connectivity index (χ1n) is 4.00. The number of halogens is 1. The van der Waals surface area contributed by atoms with Gasteiger partial charge in [0.15, 0.2) is 0 Å². The van der Waals surface area contributed by atoms with Gasteiger partial charge >= 0.3 is 0 Å². The highest BCUT2D eigenvalue weighted by Gasteiger charge is 2.35. The molecule has 0 aliphatic heterocycles. The third-order valence-electron chi connectivity index (χ3n) is 2.93. The van der Waals surface area contributed by atoms with Crippen LogP contribution in [0.1, 0.15) is 32.1 Å². The van der Waals surface area contributed by atoms with E-state index in [1.54, 1.807) is 12.8 Å². The average Bonchev–Trinajstić information content (AvgIpc) is 2.22. The van der Waals surface area contributed by atoms with Gasteiger partial charge in [0.25, 0.3) is 0 Å². The first kappa shape index (κ1) is 6.44. The lowest BCUT2D eigenvalue weighted by Crippen LogP contribution is -1.95. The Bertz CT molecular complexity index is 99.1. The summed E-state index contributed by atoms with van der Waals surface area (Å²) in [7, 11) is 0. The van der Waals surface area contributed by atoms with Gasteiger partial charge in [-0.3, -0.25) is 0 Å². The van der Waals surface area contributed by atoms with Crippen molar-refractivity contribution in [1.29, 1.82) is 0 Å². The summed E-state index contributed by atoms with van der Waals surface area (Å²) in [6, 6.07) is 0. The van der Waals surface area contributed by atoms with E-state index in [1.807, 2.05) is 0 Å². The highest BCUT2D eigenvalue weighted by atomic mass is 127. The van der Waals surface area contributed by atoms with E-state index in [-0.39, 0.29) is 0 Å². The number of alkyl halides is 1. The Morgan fingerprint density at radius 1 is 1.00 bits per heavy atom. The summed E-state index contributed by atoms with van der Waals surface area (Å²) in [4.78, 5) is 0. The highest BCUT2D eigenvalue weighted by Crippen LogP contribution is 2.46. The Kier molecular flexibility index (Phi) is 1.72. The zero-order chi connectivity index (χ0) is 6.27. The van der Waals surface area contributed by atoms with E-state index in [4.69, 9.17) is 0 Å². The maximum atomic E-state index is 2.62. The Labute approximate surface area is 70.5 Å². The van der Waals surface area contributed by atoms with Gasteiger partial charge < -0.3 is 0 Å². The molecular weight excluding hydrogens is 223 g/mol. The van der Waals surface area contributed by atoms with E-state index in [0.29, 0.717) is 0 Å². The van der Waals surface area contributed by atoms with Crippen LogP contribution < -0.4 is 0 Å². The van der Waals surface area contributed by atoms with Gasteiger partial charge in [-0.2, -0.15) is 0 Å². The van der Waals surface area contributed by atoms with Gasteiger partial charge in [-0.1, -0.05) is 41.9 Å². The summed E-state index contributed by atoms with van der Waals surface area (Å²) in [6.45, 7) is 0. The summed E-state index contributed by atoms with van der Waals surface area (Å²) < 4.78 is 1.03. The van der Waals surface area contributed by atoms with Crippen molar-refractivity contribution in [3.05, 3.63) is 0 Å². The van der Waals surface area contributed by atoms with Crippen molar-refractivity contribution >= 4 is 22.6 Å². The third kappa shape index (κ3) is 1.13. The minimum absolute atomic E-state index is 1.03. The van der Waals surface area contributed by atoms with Crippen LogP contribution in [0.25, 0.3) is 0 Å². The van der Waals surface area contributed by atoms with Crippen LogP contribution in [0.15, 0.2) is 0 Å². The molecule has 0 saturated heterocycles. The van der Waals surface area contributed by atoms with E-state index in [1.165, 1.54) is 19.3 Å².